The first-order valence-electron chi connectivity index (χ1n) is 5.78. The minimum atomic E-state index is 0.452. The maximum absolute atomic E-state index is 6.00. The third-order valence-electron chi connectivity index (χ3n) is 2.75. The molecule has 3 heterocycles. The van der Waals surface area contributed by atoms with Crippen LogP contribution >= 0.6 is 0 Å². The lowest BCUT2D eigenvalue weighted by molar-refractivity contribution is 1.18. The molecule has 5 heteroatoms. The second-order valence-corrected chi connectivity index (χ2v) is 3.96. The van der Waals surface area contributed by atoms with E-state index in [0.29, 0.717) is 11.6 Å². The smallest absolute Gasteiger partial charge is 0.161 e. The molecule has 0 aromatic carbocycles. The molecule has 0 aliphatic carbocycles. The van der Waals surface area contributed by atoms with E-state index in [1.54, 1.807) is 31.0 Å². The number of nitrogens with two attached hydrogens (primary N) is 1. The Morgan fingerprint density at radius 3 is 1.95 bits per heavy atom. The third-order valence-corrected chi connectivity index (χ3v) is 2.75. The summed E-state index contributed by atoms with van der Waals surface area (Å²) < 4.78 is 0. The molecule has 3 aromatic rings. The molecule has 0 saturated carbocycles. The van der Waals surface area contributed by atoms with Gasteiger partial charge in [0.1, 0.15) is 5.82 Å². The lowest BCUT2D eigenvalue weighted by Crippen LogP contribution is -1.98. The van der Waals surface area contributed by atoms with Crippen LogP contribution in [0.1, 0.15) is 0 Å². The second-order valence-electron chi connectivity index (χ2n) is 3.96. The van der Waals surface area contributed by atoms with Crippen molar-refractivity contribution in [1.29, 1.82) is 0 Å². The summed E-state index contributed by atoms with van der Waals surface area (Å²) in [6.45, 7) is 0. The van der Waals surface area contributed by atoms with Gasteiger partial charge in [0.15, 0.2) is 5.82 Å². The first-order chi connectivity index (χ1) is 9.34. The summed E-state index contributed by atoms with van der Waals surface area (Å²) in [6, 6.07) is 7.45. The molecular weight excluding hydrogens is 238 g/mol. The summed E-state index contributed by atoms with van der Waals surface area (Å²) in [5, 5.41) is 0. The molecule has 0 saturated heterocycles. The van der Waals surface area contributed by atoms with Gasteiger partial charge in [0.2, 0.25) is 0 Å². The minimum Gasteiger partial charge on any atom is -0.383 e. The van der Waals surface area contributed by atoms with Crippen LogP contribution in [0.3, 0.4) is 0 Å². The number of hydrogen-bond acceptors (Lipinski definition) is 5. The average molecular weight is 249 g/mol. The summed E-state index contributed by atoms with van der Waals surface area (Å²) >= 11 is 0. The Hall–Kier alpha value is -2.82. The van der Waals surface area contributed by atoms with Crippen LogP contribution < -0.4 is 5.73 Å². The molecule has 5 nitrogen and oxygen atoms in total. The van der Waals surface area contributed by atoms with Gasteiger partial charge >= 0.3 is 0 Å². The Morgan fingerprint density at radius 2 is 1.37 bits per heavy atom. The molecule has 0 unspecified atom stereocenters. The van der Waals surface area contributed by atoms with Crippen LogP contribution in [0.5, 0.6) is 0 Å². The Labute approximate surface area is 110 Å². The van der Waals surface area contributed by atoms with Crippen LogP contribution in [0.4, 0.5) is 5.82 Å². The van der Waals surface area contributed by atoms with Gasteiger partial charge in [-0.05, 0) is 29.8 Å². The Balaban J connectivity index is 2.04. The third kappa shape index (κ3) is 2.26. The lowest BCUT2D eigenvalue weighted by Gasteiger charge is -2.06. The highest BCUT2D eigenvalue weighted by atomic mass is 14.9. The largest absolute Gasteiger partial charge is 0.383 e. The van der Waals surface area contributed by atoms with Crippen molar-refractivity contribution in [3.63, 3.8) is 0 Å². The predicted molar refractivity (Wildman–Crippen MR) is 72.9 cm³/mol. The van der Waals surface area contributed by atoms with Gasteiger partial charge in [0.25, 0.3) is 0 Å². The van der Waals surface area contributed by atoms with Gasteiger partial charge in [-0.3, -0.25) is 9.97 Å². The summed E-state index contributed by atoms with van der Waals surface area (Å²) in [7, 11) is 0. The molecule has 0 atom stereocenters. The second kappa shape index (κ2) is 4.81. The van der Waals surface area contributed by atoms with Crippen LogP contribution in [-0.2, 0) is 0 Å². The Bertz CT molecular complexity index is 683. The minimum absolute atomic E-state index is 0.452. The van der Waals surface area contributed by atoms with Gasteiger partial charge in [-0.25, -0.2) is 9.97 Å². The number of anilines is 1. The van der Waals surface area contributed by atoms with E-state index in [1.807, 2.05) is 24.3 Å². The number of pyridine rings is 2. The fourth-order valence-electron chi connectivity index (χ4n) is 1.79. The Morgan fingerprint density at radius 1 is 0.789 bits per heavy atom. The van der Waals surface area contributed by atoms with Crippen molar-refractivity contribution in [2.75, 3.05) is 5.73 Å². The van der Waals surface area contributed by atoms with Gasteiger partial charge in [0.05, 0.1) is 0 Å². The quantitative estimate of drug-likeness (QED) is 0.753. The molecule has 3 aromatic heterocycles. The van der Waals surface area contributed by atoms with Gasteiger partial charge in [-0.15, -0.1) is 0 Å². The van der Waals surface area contributed by atoms with Crippen LogP contribution in [0.2, 0.25) is 0 Å². The molecule has 0 amide bonds. The van der Waals surface area contributed by atoms with E-state index < -0.39 is 0 Å². The fourth-order valence-corrected chi connectivity index (χ4v) is 1.79. The van der Waals surface area contributed by atoms with Crippen LogP contribution in [0.25, 0.3) is 22.5 Å². The summed E-state index contributed by atoms with van der Waals surface area (Å²) in [4.78, 5) is 16.6. The molecule has 0 spiro atoms. The van der Waals surface area contributed by atoms with Crippen molar-refractivity contribution < 1.29 is 0 Å². The van der Waals surface area contributed by atoms with Crippen LogP contribution in [0, 0.1) is 0 Å². The van der Waals surface area contributed by atoms with Crippen molar-refractivity contribution in [2.45, 2.75) is 0 Å². The highest BCUT2D eigenvalue weighted by molar-refractivity contribution is 5.74. The zero-order valence-electron chi connectivity index (χ0n) is 10.1. The maximum Gasteiger partial charge on any atom is 0.161 e. The van der Waals surface area contributed by atoms with Crippen molar-refractivity contribution >= 4 is 5.82 Å². The molecule has 2 N–H and O–H groups in total. The monoisotopic (exact) mass is 249 g/mol. The van der Waals surface area contributed by atoms with Crippen molar-refractivity contribution in [1.82, 2.24) is 19.9 Å². The topological polar surface area (TPSA) is 77.6 Å². The molecule has 0 aliphatic rings. The predicted octanol–water partition coefficient (Wildman–Crippen LogP) is 2.18. The molecule has 0 fully saturated rings. The zero-order chi connectivity index (χ0) is 13.1. The van der Waals surface area contributed by atoms with Crippen molar-refractivity contribution in [3.05, 3.63) is 55.2 Å². The number of nitrogen functional groups attached to an aromatic ring is 1. The molecule has 3 rings (SSSR count). The van der Waals surface area contributed by atoms with Gasteiger partial charge in [0, 0.05) is 42.1 Å². The Kier molecular flexibility index (Phi) is 2.86. The molecule has 0 aliphatic heterocycles. The number of hydrogen-bond donors (Lipinski definition) is 1. The van der Waals surface area contributed by atoms with Gasteiger partial charge in [-0.1, -0.05) is 0 Å². The first kappa shape index (κ1) is 11.3. The molecule has 0 bridgehead atoms. The fraction of sp³-hybridized carbons (Fsp3) is 0. The van der Waals surface area contributed by atoms with E-state index in [0.717, 1.165) is 16.7 Å². The van der Waals surface area contributed by atoms with Gasteiger partial charge in [-0.2, -0.15) is 0 Å². The van der Waals surface area contributed by atoms with E-state index in [-0.39, 0.29) is 0 Å². The number of nitrogens with zero attached hydrogens (tertiary/aromatic N) is 4. The molecular formula is C14H11N5. The van der Waals surface area contributed by atoms with E-state index in [9.17, 15) is 0 Å². The highest BCUT2D eigenvalue weighted by Gasteiger charge is 2.07. The molecule has 92 valence electrons. The summed E-state index contributed by atoms with van der Waals surface area (Å²) in [5.41, 5.74) is 8.65. The normalized spacial score (nSPS) is 10.3. The van der Waals surface area contributed by atoms with Gasteiger partial charge < -0.3 is 5.73 Å². The molecule has 0 radical (unpaired) electrons. The number of rotatable bonds is 2. The highest BCUT2D eigenvalue weighted by Crippen LogP contribution is 2.25. The maximum atomic E-state index is 6.00. The average Bonchev–Trinajstić information content (AvgIpc) is 2.49. The molecule has 19 heavy (non-hydrogen) atoms. The standard InChI is InChI=1S/C14H11N5/c15-13-12(10-1-5-16-6-2-10)9-18-14(19-13)11-3-7-17-8-4-11/h1-9H,(H2,15,18,19). The van der Waals surface area contributed by atoms with E-state index in [1.165, 1.54) is 0 Å². The van der Waals surface area contributed by atoms with E-state index in [4.69, 9.17) is 5.73 Å². The van der Waals surface area contributed by atoms with E-state index >= 15 is 0 Å². The summed E-state index contributed by atoms with van der Waals surface area (Å²) in [5.74, 6) is 1.05. The lowest BCUT2D eigenvalue weighted by atomic mass is 10.1. The zero-order valence-corrected chi connectivity index (χ0v) is 10.1. The van der Waals surface area contributed by atoms with Crippen molar-refractivity contribution in [2.24, 2.45) is 0 Å². The van der Waals surface area contributed by atoms with E-state index in [2.05, 4.69) is 19.9 Å². The number of aromatic nitrogens is 4. The first-order valence-corrected chi connectivity index (χ1v) is 5.78. The van der Waals surface area contributed by atoms with Crippen LogP contribution in [-0.4, -0.2) is 19.9 Å². The summed E-state index contributed by atoms with van der Waals surface area (Å²) in [6.07, 6.45) is 8.56. The van der Waals surface area contributed by atoms with Crippen LogP contribution in [0.15, 0.2) is 55.2 Å². The SMILES string of the molecule is Nc1nc(-c2ccncc2)ncc1-c1ccncc1. The van der Waals surface area contributed by atoms with Crippen molar-refractivity contribution in [3.8, 4) is 22.5 Å².